The third-order valence-electron chi connectivity index (χ3n) is 5.34. The number of carbonyl (C=O) groups excluding carboxylic acids is 2. The summed E-state index contributed by atoms with van der Waals surface area (Å²) in [4.78, 5) is 34.5. The Morgan fingerprint density at radius 3 is 2.60 bits per heavy atom. The van der Waals surface area contributed by atoms with E-state index < -0.39 is 0 Å². The molecule has 2 fully saturated rings. The van der Waals surface area contributed by atoms with Crippen LogP contribution >= 0.6 is 0 Å². The first-order valence-corrected chi connectivity index (χ1v) is 9.33. The number of rotatable bonds is 4. The van der Waals surface area contributed by atoms with Crippen LogP contribution in [0.4, 0.5) is 5.82 Å². The number of hydrogen-bond acceptors (Lipinski definition) is 4. The van der Waals surface area contributed by atoms with E-state index in [4.69, 9.17) is 0 Å². The van der Waals surface area contributed by atoms with E-state index in [0.717, 1.165) is 64.3 Å². The fourth-order valence-electron chi connectivity index (χ4n) is 3.80. The van der Waals surface area contributed by atoms with Crippen LogP contribution in [0.2, 0.25) is 0 Å². The lowest BCUT2D eigenvalue weighted by Gasteiger charge is -2.36. The minimum atomic E-state index is 0.154. The maximum atomic E-state index is 12.5. The highest BCUT2D eigenvalue weighted by atomic mass is 16.2. The predicted molar refractivity (Wildman–Crippen MR) is 97.2 cm³/mol. The van der Waals surface area contributed by atoms with E-state index >= 15 is 0 Å². The molecule has 25 heavy (non-hydrogen) atoms. The molecular formula is C19H28N4O2. The van der Waals surface area contributed by atoms with E-state index in [1.54, 1.807) is 13.1 Å². The Morgan fingerprint density at radius 1 is 1.12 bits per heavy atom. The van der Waals surface area contributed by atoms with Gasteiger partial charge in [-0.15, -0.1) is 0 Å². The smallest absolute Gasteiger partial charge is 0.222 e. The number of anilines is 1. The molecule has 0 aliphatic carbocycles. The maximum Gasteiger partial charge on any atom is 0.222 e. The molecule has 0 aromatic carbocycles. The van der Waals surface area contributed by atoms with Gasteiger partial charge in [0.1, 0.15) is 5.82 Å². The standard InChI is InChI=1S/C19H28N4O2/c1-16(24)23-10-4-5-17(15-23)7-8-19(25)22-13-11-21(12-14-22)18-6-2-3-9-20-18/h2-3,6,9,17H,4-5,7-8,10-15H2,1H3/t17-/m1/s1. The molecule has 6 nitrogen and oxygen atoms in total. The molecule has 0 N–H and O–H groups in total. The van der Waals surface area contributed by atoms with Gasteiger partial charge < -0.3 is 14.7 Å². The summed E-state index contributed by atoms with van der Waals surface area (Å²) in [7, 11) is 0. The van der Waals surface area contributed by atoms with Crippen molar-refractivity contribution in [1.82, 2.24) is 14.8 Å². The Hall–Kier alpha value is -2.11. The summed E-state index contributed by atoms with van der Waals surface area (Å²) in [5.41, 5.74) is 0. The van der Waals surface area contributed by atoms with Gasteiger partial charge in [0, 0.05) is 58.8 Å². The molecule has 6 heteroatoms. The van der Waals surface area contributed by atoms with E-state index in [0.29, 0.717) is 12.3 Å². The number of pyridine rings is 1. The highest BCUT2D eigenvalue weighted by molar-refractivity contribution is 5.76. The van der Waals surface area contributed by atoms with E-state index in [9.17, 15) is 9.59 Å². The summed E-state index contributed by atoms with van der Waals surface area (Å²) >= 11 is 0. The molecule has 3 heterocycles. The Morgan fingerprint density at radius 2 is 1.92 bits per heavy atom. The number of carbonyl (C=O) groups is 2. The minimum Gasteiger partial charge on any atom is -0.353 e. The second-order valence-electron chi connectivity index (χ2n) is 7.07. The topological polar surface area (TPSA) is 56.8 Å². The molecule has 2 aliphatic rings. The van der Waals surface area contributed by atoms with Crippen LogP contribution in [-0.4, -0.2) is 65.9 Å². The largest absolute Gasteiger partial charge is 0.353 e. The third-order valence-corrected chi connectivity index (χ3v) is 5.34. The molecule has 0 radical (unpaired) electrons. The zero-order chi connectivity index (χ0) is 17.6. The normalized spacial score (nSPS) is 21.3. The van der Waals surface area contributed by atoms with Crippen LogP contribution in [0.25, 0.3) is 0 Å². The molecule has 0 bridgehead atoms. The van der Waals surface area contributed by atoms with Gasteiger partial charge in [-0.05, 0) is 37.3 Å². The zero-order valence-electron chi connectivity index (χ0n) is 15.1. The van der Waals surface area contributed by atoms with Crippen LogP contribution in [0.3, 0.4) is 0 Å². The van der Waals surface area contributed by atoms with Crippen molar-refractivity contribution < 1.29 is 9.59 Å². The molecule has 2 amide bonds. The lowest BCUT2D eigenvalue weighted by Crippen LogP contribution is -2.49. The average Bonchev–Trinajstić information content (AvgIpc) is 2.67. The Balaban J connectivity index is 1.41. The van der Waals surface area contributed by atoms with Crippen LogP contribution in [0.15, 0.2) is 24.4 Å². The summed E-state index contributed by atoms with van der Waals surface area (Å²) in [5.74, 6) is 1.86. The third kappa shape index (κ3) is 4.71. The monoisotopic (exact) mass is 344 g/mol. The SMILES string of the molecule is CC(=O)N1CCC[C@H](CCC(=O)N2CCN(c3ccccn3)CC2)C1. The lowest BCUT2D eigenvalue weighted by atomic mass is 9.93. The Bertz CT molecular complexity index is 584. The summed E-state index contributed by atoms with van der Waals surface area (Å²) in [6.45, 7) is 6.52. The second kappa shape index (κ2) is 8.32. The van der Waals surface area contributed by atoms with Crippen molar-refractivity contribution in [2.45, 2.75) is 32.6 Å². The van der Waals surface area contributed by atoms with E-state index in [1.165, 1.54) is 0 Å². The number of nitrogens with zero attached hydrogens (tertiary/aromatic N) is 4. The molecule has 0 spiro atoms. The Labute approximate surface area is 149 Å². The molecule has 1 aromatic heterocycles. The summed E-state index contributed by atoms with van der Waals surface area (Å²) < 4.78 is 0. The zero-order valence-corrected chi connectivity index (χ0v) is 15.1. The van der Waals surface area contributed by atoms with Crippen molar-refractivity contribution in [3.05, 3.63) is 24.4 Å². The molecule has 0 saturated carbocycles. The van der Waals surface area contributed by atoms with Crippen LogP contribution in [-0.2, 0) is 9.59 Å². The van der Waals surface area contributed by atoms with Crippen molar-refractivity contribution in [3.63, 3.8) is 0 Å². The van der Waals surface area contributed by atoms with Crippen LogP contribution < -0.4 is 4.90 Å². The summed E-state index contributed by atoms with van der Waals surface area (Å²) in [5, 5.41) is 0. The van der Waals surface area contributed by atoms with Gasteiger partial charge in [-0.1, -0.05) is 6.07 Å². The van der Waals surface area contributed by atoms with Crippen molar-refractivity contribution in [1.29, 1.82) is 0 Å². The molecule has 2 aliphatic heterocycles. The highest BCUT2D eigenvalue weighted by Gasteiger charge is 2.25. The molecule has 1 aromatic rings. The van der Waals surface area contributed by atoms with E-state index in [2.05, 4.69) is 9.88 Å². The van der Waals surface area contributed by atoms with Crippen molar-refractivity contribution in [3.8, 4) is 0 Å². The molecule has 3 rings (SSSR count). The van der Waals surface area contributed by atoms with E-state index in [-0.39, 0.29) is 11.8 Å². The second-order valence-corrected chi connectivity index (χ2v) is 7.07. The summed E-state index contributed by atoms with van der Waals surface area (Å²) in [6, 6.07) is 5.93. The fraction of sp³-hybridized carbons (Fsp3) is 0.632. The van der Waals surface area contributed by atoms with Gasteiger partial charge in [0.25, 0.3) is 0 Å². The molecule has 136 valence electrons. The number of hydrogen-bond donors (Lipinski definition) is 0. The van der Waals surface area contributed by atoms with Gasteiger partial charge in [0.2, 0.25) is 11.8 Å². The van der Waals surface area contributed by atoms with E-state index in [1.807, 2.05) is 28.0 Å². The number of piperazine rings is 1. The van der Waals surface area contributed by atoms with Gasteiger partial charge >= 0.3 is 0 Å². The van der Waals surface area contributed by atoms with Gasteiger partial charge in [-0.3, -0.25) is 9.59 Å². The first kappa shape index (κ1) is 17.7. The molecule has 1 atom stereocenters. The first-order chi connectivity index (χ1) is 12.1. The number of likely N-dealkylation sites (tertiary alicyclic amines) is 1. The number of amides is 2. The van der Waals surface area contributed by atoms with Gasteiger partial charge in [-0.2, -0.15) is 0 Å². The van der Waals surface area contributed by atoms with Crippen LogP contribution in [0.1, 0.15) is 32.6 Å². The number of piperidine rings is 1. The lowest BCUT2D eigenvalue weighted by molar-refractivity contribution is -0.132. The van der Waals surface area contributed by atoms with Crippen molar-refractivity contribution in [2.75, 3.05) is 44.2 Å². The molecule has 0 unspecified atom stereocenters. The number of aromatic nitrogens is 1. The van der Waals surface area contributed by atoms with Crippen LogP contribution in [0, 0.1) is 5.92 Å². The van der Waals surface area contributed by atoms with Crippen LogP contribution in [0.5, 0.6) is 0 Å². The highest BCUT2D eigenvalue weighted by Crippen LogP contribution is 2.22. The van der Waals surface area contributed by atoms with Gasteiger partial charge in [-0.25, -0.2) is 4.98 Å². The molecular weight excluding hydrogens is 316 g/mol. The first-order valence-electron chi connectivity index (χ1n) is 9.33. The van der Waals surface area contributed by atoms with Crippen molar-refractivity contribution >= 4 is 17.6 Å². The van der Waals surface area contributed by atoms with Crippen molar-refractivity contribution in [2.24, 2.45) is 5.92 Å². The minimum absolute atomic E-state index is 0.154. The molecule has 2 saturated heterocycles. The summed E-state index contributed by atoms with van der Waals surface area (Å²) in [6.07, 6.45) is 5.48. The Kier molecular flexibility index (Phi) is 5.89. The van der Waals surface area contributed by atoms with Gasteiger partial charge in [0.15, 0.2) is 0 Å². The maximum absolute atomic E-state index is 12.5. The van der Waals surface area contributed by atoms with Gasteiger partial charge in [0.05, 0.1) is 0 Å². The quantitative estimate of drug-likeness (QED) is 0.835. The average molecular weight is 344 g/mol. The predicted octanol–water partition coefficient (Wildman–Crippen LogP) is 1.77. The fourth-order valence-corrected chi connectivity index (χ4v) is 3.80.